The van der Waals surface area contributed by atoms with Crippen LogP contribution in [-0.4, -0.2) is 29.3 Å². The molecule has 8 heteroatoms. The average Bonchev–Trinajstić information content (AvgIpc) is 2.80. The van der Waals surface area contributed by atoms with Crippen molar-refractivity contribution in [3.8, 4) is 5.75 Å². The molecule has 0 saturated carbocycles. The van der Waals surface area contributed by atoms with Gasteiger partial charge < -0.3 is 9.53 Å². The first kappa shape index (κ1) is 21.7. The molecule has 0 atom stereocenters. The molecule has 3 rings (SSSR count). The van der Waals surface area contributed by atoms with Crippen molar-refractivity contribution in [2.45, 2.75) is 64.8 Å². The van der Waals surface area contributed by atoms with E-state index in [1.165, 1.54) is 17.0 Å². The number of carbonyl (C=O) groups excluding carboxylic acids is 1. The van der Waals surface area contributed by atoms with Gasteiger partial charge in [-0.1, -0.05) is 32.4 Å². The van der Waals surface area contributed by atoms with Gasteiger partial charge in [0.05, 0.1) is 17.7 Å². The van der Waals surface area contributed by atoms with Crippen molar-refractivity contribution in [3.05, 3.63) is 40.8 Å². The predicted octanol–water partition coefficient (Wildman–Crippen LogP) is 5.31. The Hall–Kier alpha value is -1.96. The predicted molar refractivity (Wildman–Crippen MR) is 117 cm³/mol. The van der Waals surface area contributed by atoms with Crippen molar-refractivity contribution in [1.82, 2.24) is 9.97 Å². The summed E-state index contributed by atoms with van der Waals surface area (Å²) in [6, 6.07) is 6.44. The van der Waals surface area contributed by atoms with Crippen LogP contribution in [-0.2, 0) is 21.2 Å². The van der Waals surface area contributed by atoms with E-state index < -0.39 is 13.7 Å². The van der Waals surface area contributed by atoms with Gasteiger partial charge >= 0.3 is 0 Å². The molecule has 0 radical (unpaired) electrons. The third kappa shape index (κ3) is 3.79. The summed E-state index contributed by atoms with van der Waals surface area (Å²) in [5.74, 6) is 0.910. The number of rotatable bonds is 4. The first-order valence-electron chi connectivity index (χ1n) is 9.60. The van der Waals surface area contributed by atoms with Crippen LogP contribution in [0, 0.1) is 0 Å². The van der Waals surface area contributed by atoms with Gasteiger partial charge in [-0.05, 0) is 56.2 Å². The van der Waals surface area contributed by atoms with Crippen LogP contribution in [0.3, 0.4) is 0 Å². The summed E-state index contributed by atoms with van der Waals surface area (Å²) >= 11 is 6.53. The number of aromatic nitrogens is 2. The molecule has 29 heavy (non-hydrogen) atoms. The number of carbonyl (C=O) groups is 1. The summed E-state index contributed by atoms with van der Waals surface area (Å²) in [6.07, 6.45) is 0. The van der Waals surface area contributed by atoms with Crippen LogP contribution in [0.4, 0.5) is 11.5 Å². The van der Waals surface area contributed by atoms with E-state index in [9.17, 15) is 9.90 Å². The Morgan fingerprint density at radius 3 is 2.31 bits per heavy atom. The Morgan fingerprint density at radius 1 is 1.17 bits per heavy atom. The van der Waals surface area contributed by atoms with Gasteiger partial charge in [0.15, 0.2) is 14.1 Å². The number of phenols is 1. The van der Waals surface area contributed by atoms with E-state index in [0.29, 0.717) is 22.9 Å². The third-order valence-corrected chi connectivity index (χ3v) is 10.7. The molecular formula is C21H28ClN3O3Si. The molecule has 1 aromatic carbocycles. The number of anilines is 2. The lowest BCUT2D eigenvalue weighted by atomic mass is 9.88. The minimum atomic E-state index is -1.99. The fraction of sp³-hybridized carbons (Fsp3) is 0.476. The monoisotopic (exact) mass is 433 g/mol. The molecule has 156 valence electrons. The highest BCUT2D eigenvalue weighted by molar-refractivity contribution is 6.74. The highest BCUT2D eigenvalue weighted by Gasteiger charge is 2.48. The lowest BCUT2D eigenvalue weighted by Gasteiger charge is -2.35. The minimum Gasteiger partial charge on any atom is -0.508 e. The number of hydrogen-bond donors (Lipinski definition) is 1. The van der Waals surface area contributed by atoms with Crippen molar-refractivity contribution in [3.63, 3.8) is 0 Å². The van der Waals surface area contributed by atoms with Gasteiger partial charge in [-0.3, -0.25) is 9.69 Å². The summed E-state index contributed by atoms with van der Waals surface area (Å²) in [5, 5.41) is 9.93. The molecule has 1 aromatic heterocycles. The number of benzene rings is 1. The van der Waals surface area contributed by atoms with Crippen LogP contribution in [0.25, 0.3) is 0 Å². The van der Waals surface area contributed by atoms with Gasteiger partial charge in [0.2, 0.25) is 5.91 Å². The number of aromatic hydroxyl groups is 1. The topological polar surface area (TPSA) is 75.6 Å². The summed E-state index contributed by atoms with van der Waals surface area (Å²) in [4.78, 5) is 23.8. The maximum absolute atomic E-state index is 13.2. The largest absolute Gasteiger partial charge is 0.508 e. The Labute approximate surface area is 178 Å². The van der Waals surface area contributed by atoms with Crippen molar-refractivity contribution in [1.29, 1.82) is 0 Å². The summed E-state index contributed by atoms with van der Waals surface area (Å²) in [5.41, 5.74) is 0.363. The molecule has 6 nitrogen and oxygen atoms in total. The highest BCUT2D eigenvalue weighted by Crippen LogP contribution is 2.47. The zero-order valence-corrected chi connectivity index (χ0v) is 19.8. The van der Waals surface area contributed by atoms with E-state index in [0.717, 1.165) is 0 Å². The number of fused-ring (bicyclic) bond motifs is 1. The normalized spacial score (nSPS) is 16.3. The van der Waals surface area contributed by atoms with Gasteiger partial charge in [-0.15, -0.1) is 0 Å². The first-order valence-corrected chi connectivity index (χ1v) is 12.9. The fourth-order valence-electron chi connectivity index (χ4n) is 3.01. The SMILES string of the molecule is CC1(C)C(=O)N(c2ccc(O)cc2)c2nc(CO[Si](C)(C)C(C)(C)C)nc(Cl)c21. The Morgan fingerprint density at radius 2 is 1.76 bits per heavy atom. The van der Waals surface area contributed by atoms with Crippen molar-refractivity contribution in [2.24, 2.45) is 0 Å². The van der Waals surface area contributed by atoms with Gasteiger partial charge in [0.25, 0.3) is 0 Å². The van der Waals surface area contributed by atoms with Crippen LogP contribution in [0.1, 0.15) is 46.0 Å². The second-order valence-electron chi connectivity index (χ2n) is 9.46. The Bertz CT molecular complexity index is 953. The molecule has 1 aliphatic heterocycles. The van der Waals surface area contributed by atoms with Crippen LogP contribution < -0.4 is 4.90 Å². The quantitative estimate of drug-likeness (QED) is 0.522. The molecule has 1 N–H and O–H groups in total. The lowest BCUT2D eigenvalue weighted by Crippen LogP contribution is -2.40. The van der Waals surface area contributed by atoms with Crippen molar-refractivity contribution < 1.29 is 14.3 Å². The second kappa shape index (κ2) is 7.07. The molecule has 0 saturated heterocycles. The molecule has 2 aromatic rings. The van der Waals surface area contributed by atoms with E-state index in [1.807, 2.05) is 13.8 Å². The molecule has 0 fully saturated rings. The number of hydrogen-bond acceptors (Lipinski definition) is 5. The molecule has 0 spiro atoms. The average molecular weight is 434 g/mol. The molecule has 0 aliphatic carbocycles. The Balaban J connectivity index is 2.03. The molecule has 1 amide bonds. The minimum absolute atomic E-state index is 0.0591. The maximum Gasteiger partial charge on any atom is 0.243 e. The number of amides is 1. The van der Waals surface area contributed by atoms with Crippen LogP contribution >= 0.6 is 11.6 Å². The van der Waals surface area contributed by atoms with E-state index in [-0.39, 0.29) is 28.5 Å². The molecular weight excluding hydrogens is 406 g/mol. The van der Waals surface area contributed by atoms with E-state index in [4.69, 9.17) is 16.0 Å². The summed E-state index contributed by atoms with van der Waals surface area (Å²) in [6.45, 7) is 14.7. The van der Waals surface area contributed by atoms with Gasteiger partial charge in [-0.25, -0.2) is 9.97 Å². The summed E-state index contributed by atoms with van der Waals surface area (Å²) in [7, 11) is -1.99. The fourth-order valence-corrected chi connectivity index (χ4v) is 4.35. The second-order valence-corrected chi connectivity index (χ2v) is 14.6. The van der Waals surface area contributed by atoms with Gasteiger partial charge in [-0.2, -0.15) is 0 Å². The lowest BCUT2D eigenvalue weighted by molar-refractivity contribution is -0.121. The summed E-state index contributed by atoms with van der Waals surface area (Å²) < 4.78 is 6.25. The van der Waals surface area contributed by atoms with E-state index in [1.54, 1.807) is 12.1 Å². The molecule has 2 heterocycles. The smallest absolute Gasteiger partial charge is 0.243 e. The van der Waals surface area contributed by atoms with Crippen molar-refractivity contribution >= 4 is 37.3 Å². The highest BCUT2D eigenvalue weighted by atomic mass is 35.5. The van der Waals surface area contributed by atoms with E-state index in [2.05, 4.69) is 43.8 Å². The van der Waals surface area contributed by atoms with Crippen LogP contribution in [0.2, 0.25) is 23.3 Å². The third-order valence-electron chi connectivity index (χ3n) is 5.94. The number of halogens is 1. The molecule has 1 aliphatic rings. The molecule has 0 bridgehead atoms. The zero-order valence-electron chi connectivity index (χ0n) is 18.0. The van der Waals surface area contributed by atoms with Crippen LogP contribution in [0.5, 0.6) is 5.75 Å². The molecule has 0 unspecified atom stereocenters. The maximum atomic E-state index is 13.2. The number of phenolic OH excluding ortho intramolecular Hbond substituents is 1. The standard InChI is InChI=1S/C21H28ClN3O3Si/c1-20(2,3)29(6,7)28-12-15-23-17(22)16-18(24-15)25(19(27)21(16,4)5)13-8-10-14(26)11-9-13/h8-11,26H,12H2,1-7H3. The Kier molecular flexibility index (Phi) is 5.30. The number of nitrogens with zero attached hydrogens (tertiary/aromatic N) is 3. The van der Waals surface area contributed by atoms with Gasteiger partial charge in [0.1, 0.15) is 16.7 Å². The van der Waals surface area contributed by atoms with Crippen molar-refractivity contribution in [2.75, 3.05) is 4.90 Å². The van der Waals surface area contributed by atoms with Crippen LogP contribution in [0.15, 0.2) is 24.3 Å². The first-order chi connectivity index (χ1) is 13.3. The van der Waals surface area contributed by atoms with Gasteiger partial charge in [0, 0.05) is 5.56 Å². The van der Waals surface area contributed by atoms with E-state index >= 15 is 0 Å². The zero-order chi connectivity index (χ0) is 21.8.